The molecule has 0 heterocycles. The molecule has 0 aliphatic heterocycles. The zero-order chi connectivity index (χ0) is 60.6. The fourth-order valence-electron chi connectivity index (χ4n) is 12.3. The third-order valence-corrected chi connectivity index (χ3v) is 18.2. The molecule has 0 aromatic rings. The van der Waals surface area contributed by atoms with Crippen LogP contribution in [-0.2, 0) is 14.3 Å². The number of aliphatic hydroxyl groups excluding tert-OH is 2. The van der Waals surface area contributed by atoms with E-state index in [0.29, 0.717) is 19.4 Å². The number of hydrogen-bond donors (Lipinski definition) is 3. The molecule has 2 unspecified atom stereocenters. The Morgan fingerprint density at radius 2 is 0.560 bits per heavy atom. The maximum Gasteiger partial charge on any atom is 0.305 e. The van der Waals surface area contributed by atoms with Crippen molar-refractivity contribution < 1.29 is 24.5 Å². The lowest BCUT2D eigenvalue weighted by Crippen LogP contribution is -2.45. The lowest BCUT2D eigenvalue weighted by atomic mass is 10.0. The second kappa shape index (κ2) is 73.8. The van der Waals surface area contributed by atoms with Crippen molar-refractivity contribution in [1.29, 1.82) is 0 Å². The Balaban J connectivity index is 3.33. The zero-order valence-electron chi connectivity index (χ0n) is 57.2. The van der Waals surface area contributed by atoms with Gasteiger partial charge >= 0.3 is 5.97 Å². The van der Waals surface area contributed by atoms with Crippen LogP contribution in [0.15, 0.2) is 24.3 Å². The average molecular weight is 1180 g/mol. The zero-order valence-corrected chi connectivity index (χ0v) is 57.2. The quantitative estimate of drug-likeness (QED) is 0.0320. The maximum atomic E-state index is 12.5. The summed E-state index contributed by atoms with van der Waals surface area (Å²) in [5.41, 5.74) is 0. The van der Waals surface area contributed by atoms with E-state index in [9.17, 15) is 19.8 Å². The lowest BCUT2D eigenvalue weighted by Gasteiger charge is -2.20. The van der Waals surface area contributed by atoms with Crippen LogP contribution in [0.2, 0.25) is 0 Å². The number of carbonyl (C=O) groups is 2. The summed E-state index contributed by atoms with van der Waals surface area (Å²) in [6.45, 7) is 4.95. The van der Waals surface area contributed by atoms with Gasteiger partial charge in [0, 0.05) is 12.8 Å². The second-order valence-electron chi connectivity index (χ2n) is 26.7. The van der Waals surface area contributed by atoms with Crippen molar-refractivity contribution in [3.8, 4) is 0 Å². The monoisotopic (exact) mass is 1180 g/mol. The van der Waals surface area contributed by atoms with Gasteiger partial charge in [0.25, 0.3) is 0 Å². The molecule has 2 atom stereocenters. The highest BCUT2D eigenvalue weighted by molar-refractivity contribution is 5.76. The molecule has 0 spiro atoms. The molecular formula is C78H151NO5. The Morgan fingerprint density at radius 1 is 0.321 bits per heavy atom. The highest BCUT2D eigenvalue weighted by atomic mass is 16.5. The largest absolute Gasteiger partial charge is 0.466 e. The summed E-state index contributed by atoms with van der Waals surface area (Å²) in [4.78, 5) is 24.6. The van der Waals surface area contributed by atoms with Crippen molar-refractivity contribution in [2.45, 2.75) is 450 Å². The molecule has 0 fully saturated rings. The summed E-state index contributed by atoms with van der Waals surface area (Å²) in [7, 11) is 0. The minimum atomic E-state index is -0.841. The first-order valence-electron chi connectivity index (χ1n) is 38.6. The van der Waals surface area contributed by atoms with E-state index in [4.69, 9.17) is 4.74 Å². The number of unbranched alkanes of at least 4 members (excludes halogenated alkanes) is 60. The first-order chi connectivity index (χ1) is 41.5. The molecule has 0 aromatic heterocycles. The predicted octanol–water partition coefficient (Wildman–Crippen LogP) is 25.3. The number of allylic oxidation sites excluding steroid dienone is 3. The van der Waals surface area contributed by atoms with Crippen LogP contribution in [0, 0.1) is 0 Å². The van der Waals surface area contributed by atoms with Crippen LogP contribution in [0.3, 0.4) is 0 Å². The van der Waals surface area contributed by atoms with Crippen LogP contribution in [-0.4, -0.2) is 47.4 Å². The molecule has 0 rings (SSSR count). The van der Waals surface area contributed by atoms with Gasteiger partial charge < -0.3 is 20.3 Å². The molecule has 6 heteroatoms. The van der Waals surface area contributed by atoms with Crippen molar-refractivity contribution in [3.63, 3.8) is 0 Å². The van der Waals surface area contributed by atoms with Gasteiger partial charge in [0.1, 0.15) is 0 Å². The van der Waals surface area contributed by atoms with Crippen molar-refractivity contribution in [2.24, 2.45) is 0 Å². The van der Waals surface area contributed by atoms with Crippen molar-refractivity contribution >= 4 is 11.9 Å². The molecule has 498 valence electrons. The standard InChI is InChI=1S/C78H151NO5/c1-3-5-7-9-11-13-15-17-19-39-44-48-52-56-60-64-68-72-78(83)84-73-69-65-61-57-53-49-45-41-38-36-34-32-30-28-26-24-22-20-21-23-25-27-29-31-33-35-37-40-43-47-51-55-59-63-67-71-77(82)79-75(74-80)76(81)70-66-62-58-54-50-46-42-18-16-14-12-10-8-6-4-2/h22,24,66,70,75-76,80-81H,3-21,23,25-65,67-69,71-74H2,1-2H3,(H,79,82)/b24-22-,70-66+. The minimum Gasteiger partial charge on any atom is -0.466 e. The van der Waals surface area contributed by atoms with Crippen molar-refractivity contribution in [1.82, 2.24) is 5.32 Å². The Labute approximate surface area is 526 Å². The molecule has 0 bridgehead atoms. The van der Waals surface area contributed by atoms with Gasteiger partial charge in [-0.25, -0.2) is 0 Å². The van der Waals surface area contributed by atoms with Gasteiger partial charge in [-0.3, -0.25) is 9.59 Å². The molecule has 0 radical (unpaired) electrons. The number of hydrogen-bond acceptors (Lipinski definition) is 5. The summed E-state index contributed by atoms with van der Waals surface area (Å²) in [6.07, 6.45) is 94.4. The van der Waals surface area contributed by atoms with Gasteiger partial charge in [-0.1, -0.05) is 391 Å². The van der Waals surface area contributed by atoms with Crippen molar-refractivity contribution in [3.05, 3.63) is 24.3 Å². The molecule has 6 nitrogen and oxygen atoms in total. The highest BCUT2D eigenvalue weighted by Gasteiger charge is 2.18. The molecule has 1 amide bonds. The number of nitrogens with one attached hydrogen (secondary N) is 1. The SMILES string of the molecule is CCCCCCCCCCCCCCC/C=C/C(O)C(CO)NC(=O)CCCCCCCCCCCCCCCCCCC/C=C\CCCCCCCCCCCCCCCCOC(=O)CCCCCCCCCCCCCCCCCCC. The van der Waals surface area contributed by atoms with Crippen molar-refractivity contribution in [2.75, 3.05) is 13.2 Å². The molecule has 0 aromatic carbocycles. The fourth-order valence-corrected chi connectivity index (χ4v) is 12.3. The Hall–Kier alpha value is -1.66. The maximum absolute atomic E-state index is 12.5. The van der Waals surface area contributed by atoms with Gasteiger partial charge in [-0.15, -0.1) is 0 Å². The second-order valence-corrected chi connectivity index (χ2v) is 26.7. The lowest BCUT2D eigenvalue weighted by molar-refractivity contribution is -0.143. The molecular weight excluding hydrogens is 1030 g/mol. The van der Waals surface area contributed by atoms with Crippen LogP contribution in [0.1, 0.15) is 438 Å². The van der Waals surface area contributed by atoms with E-state index in [2.05, 4.69) is 31.3 Å². The number of amides is 1. The van der Waals surface area contributed by atoms with E-state index in [1.54, 1.807) is 6.08 Å². The van der Waals surface area contributed by atoms with E-state index in [-0.39, 0.29) is 18.5 Å². The minimum absolute atomic E-state index is 0.0248. The van der Waals surface area contributed by atoms with Crippen LogP contribution >= 0.6 is 0 Å². The Kier molecular flexibility index (Phi) is 72.3. The van der Waals surface area contributed by atoms with Gasteiger partial charge in [0.05, 0.1) is 25.4 Å². The van der Waals surface area contributed by atoms with Gasteiger partial charge in [-0.05, 0) is 57.8 Å². The number of ether oxygens (including phenoxy) is 1. The van der Waals surface area contributed by atoms with Crippen LogP contribution in [0.4, 0.5) is 0 Å². The van der Waals surface area contributed by atoms with Gasteiger partial charge in [0.2, 0.25) is 5.91 Å². The number of rotatable bonds is 73. The van der Waals surface area contributed by atoms with E-state index in [0.717, 1.165) is 38.5 Å². The summed E-state index contributed by atoms with van der Waals surface area (Å²) in [5, 5.41) is 23.2. The average Bonchev–Trinajstić information content (AvgIpc) is 3.51. The summed E-state index contributed by atoms with van der Waals surface area (Å²) in [5.74, 6) is -0.0367. The molecule has 0 aliphatic carbocycles. The Morgan fingerprint density at radius 3 is 0.845 bits per heavy atom. The third kappa shape index (κ3) is 69.4. The fraction of sp³-hybridized carbons (Fsp3) is 0.923. The summed E-state index contributed by atoms with van der Waals surface area (Å²) >= 11 is 0. The Bertz CT molecular complexity index is 1320. The van der Waals surface area contributed by atoms with E-state index < -0.39 is 12.1 Å². The van der Waals surface area contributed by atoms with Crippen LogP contribution in [0.25, 0.3) is 0 Å². The van der Waals surface area contributed by atoms with E-state index in [1.807, 2.05) is 6.08 Å². The summed E-state index contributed by atoms with van der Waals surface area (Å²) in [6, 6.07) is -0.625. The number of carbonyl (C=O) groups excluding carboxylic acids is 2. The normalized spacial score (nSPS) is 12.6. The molecule has 84 heavy (non-hydrogen) atoms. The van der Waals surface area contributed by atoms with Crippen LogP contribution < -0.4 is 5.32 Å². The first kappa shape index (κ1) is 82.3. The molecule has 3 N–H and O–H groups in total. The predicted molar refractivity (Wildman–Crippen MR) is 370 cm³/mol. The number of esters is 1. The summed E-state index contributed by atoms with van der Waals surface area (Å²) < 4.78 is 5.51. The highest BCUT2D eigenvalue weighted by Crippen LogP contribution is 2.20. The molecule has 0 saturated heterocycles. The van der Waals surface area contributed by atoms with Gasteiger partial charge in [-0.2, -0.15) is 0 Å². The van der Waals surface area contributed by atoms with Gasteiger partial charge in [0.15, 0.2) is 0 Å². The van der Waals surface area contributed by atoms with Crippen LogP contribution in [0.5, 0.6) is 0 Å². The smallest absolute Gasteiger partial charge is 0.305 e. The molecule has 0 saturated carbocycles. The third-order valence-electron chi connectivity index (χ3n) is 18.2. The topological polar surface area (TPSA) is 95.9 Å². The van der Waals surface area contributed by atoms with E-state index >= 15 is 0 Å². The van der Waals surface area contributed by atoms with E-state index in [1.165, 1.54) is 372 Å². The molecule has 0 aliphatic rings. The first-order valence-corrected chi connectivity index (χ1v) is 38.6. The number of aliphatic hydroxyl groups is 2.